The smallest absolute Gasteiger partial charge is 0.230 e. The average Bonchev–Trinajstić information content (AvgIpc) is 3.08. The Morgan fingerprint density at radius 3 is 2.73 bits per heavy atom. The lowest BCUT2D eigenvalue weighted by Gasteiger charge is -2.21. The summed E-state index contributed by atoms with van der Waals surface area (Å²) in [6, 6.07) is 8.27. The van der Waals surface area contributed by atoms with Crippen molar-refractivity contribution < 1.29 is 4.79 Å². The molecule has 0 radical (unpaired) electrons. The molecule has 0 saturated carbocycles. The van der Waals surface area contributed by atoms with Crippen LogP contribution in [0.3, 0.4) is 0 Å². The summed E-state index contributed by atoms with van der Waals surface area (Å²) in [5.74, 6) is -0.0475. The van der Waals surface area contributed by atoms with Crippen LogP contribution in [0.15, 0.2) is 29.6 Å². The van der Waals surface area contributed by atoms with Gasteiger partial charge in [-0.1, -0.05) is 32.0 Å². The van der Waals surface area contributed by atoms with E-state index in [0.717, 1.165) is 29.8 Å². The summed E-state index contributed by atoms with van der Waals surface area (Å²) in [5, 5.41) is 9.64. The highest BCUT2D eigenvalue weighted by Gasteiger charge is 2.20. The Morgan fingerprint density at radius 1 is 1.35 bits per heavy atom. The summed E-state index contributed by atoms with van der Waals surface area (Å²) in [7, 11) is 0. The number of hydrogen-bond donors (Lipinski definition) is 2. The molecule has 1 heterocycles. The minimum atomic E-state index is -0.0475. The number of rotatable bonds is 7. The van der Waals surface area contributed by atoms with Crippen LogP contribution in [-0.4, -0.2) is 22.0 Å². The molecule has 1 aromatic heterocycles. The summed E-state index contributed by atoms with van der Waals surface area (Å²) in [6.45, 7) is 8.37. The SMILES string of the molecule is CCc1ccccc1N(C(C)=O)c1nc(CNC(=S)N[C@@H](C)CC)cs1. The molecule has 2 rings (SSSR count). The van der Waals surface area contributed by atoms with Crippen LogP contribution in [0.4, 0.5) is 10.8 Å². The van der Waals surface area contributed by atoms with Crippen molar-refractivity contribution in [1.29, 1.82) is 0 Å². The normalized spacial score (nSPS) is 11.7. The molecule has 26 heavy (non-hydrogen) atoms. The van der Waals surface area contributed by atoms with Crippen LogP contribution in [-0.2, 0) is 17.8 Å². The van der Waals surface area contributed by atoms with Gasteiger partial charge in [0.25, 0.3) is 0 Å². The van der Waals surface area contributed by atoms with E-state index in [1.54, 1.807) is 11.8 Å². The maximum atomic E-state index is 12.3. The first-order valence-corrected chi connectivity index (χ1v) is 10.1. The molecule has 0 aliphatic rings. The van der Waals surface area contributed by atoms with Crippen molar-refractivity contribution in [1.82, 2.24) is 15.6 Å². The van der Waals surface area contributed by atoms with E-state index in [0.29, 0.717) is 22.8 Å². The highest BCUT2D eigenvalue weighted by Crippen LogP contribution is 2.31. The van der Waals surface area contributed by atoms with Crippen molar-refractivity contribution in [2.75, 3.05) is 4.90 Å². The molecule has 5 nitrogen and oxygen atoms in total. The number of aromatic nitrogens is 1. The number of carbonyl (C=O) groups excluding carboxylic acids is 1. The highest BCUT2D eigenvalue weighted by atomic mass is 32.1. The van der Waals surface area contributed by atoms with E-state index in [9.17, 15) is 4.79 Å². The number of hydrogen-bond acceptors (Lipinski definition) is 4. The fourth-order valence-electron chi connectivity index (χ4n) is 2.46. The van der Waals surface area contributed by atoms with Gasteiger partial charge in [-0.15, -0.1) is 11.3 Å². The fourth-order valence-corrected chi connectivity index (χ4v) is 3.62. The first-order valence-electron chi connectivity index (χ1n) is 8.83. The van der Waals surface area contributed by atoms with E-state index in [-0.39, 0.29) is 5.91 Å². The summed E-state index contributed by atoms with van der Waals surface area (Å²) in [6.07, 6.45) is 1.86. The fraction of sp³-hybridized carbons (Fsp3) is 0.421. The molecule has 1 amide bonds. The van der Waals surface area contributed by atoms with Gasteiger partial charge in [-0.2, -0.15) is 0 Å². The maximum absolute atomic E-state index is 12.3. The Balaban J connectivity index is 2.13. The van der Waals surface area contributed by atoms with Gasteiger partial charge in [0.2, 0.25) is 5.91 Å². The lowest BCUT2D eigenvalue weighted by molar-refractivity contribution is -0.115. The zero-order valence-corrected chi connectivity index (χ0v) is 17.3. The summed E-state index contributed by atoms with van der Waals surface area (Å²) >= 11 is 6.75. The number of thiocarbonyl (C=S) groups is 1. The number of benzene rings is 1. The first kappa shape index (κ1) is 20.3. The van der Waals surface area contributed by atoms with E-state index >= 15 is 0 Å². The van der Waals surface area contributed by atoms with Crippen LogP contribution in [0, 0.1) is 0 Å². The van der Waals surface area contributed by atoms with Crippen molar-refractivity contribution in [3.8, 4) is 0 Å². The zero-order valence-electron chi connectivity index (χ0n) is 15.7. The quantitative estimate of drug-likeness (QED) is 0.696. The van der Waals surface area contributed by atoms with E-state index in [4.69, 9.17) is 12.2 Å². The molecule has 7 heteroatoms. The molecule has 0 fully saturated rings. The van der Waals surface area contributed by atoms with Crippen LogP contribution in [0.5, 0.6) is 0 Å². The van der Waals surface area contributed by atoms with Gasteiger partial charge in [-0.05, 0) is 43.6 Å². The van der Waals surface area contributed by atoms with Crippen LogP contribution in [0.1, 0.15) is 45.4 Å². The van der Waals surface area contributed by atoms with Gasteiger partial charge >= 0.3 is 0 Å². The largest absolute Gasteiger partial charge is 0.360 e. The third-order valence-corrected chi connectivity index (χ3v) is 5.22. The maximum Gasteiger partial charge on any atom is 0.230 e. The second kappa shape index (κ2) is 9.64. The molecule has 0 unspecified atom stereocenters. The molecule has 140 valence electrons. The molecule has 0 aliphatic heterocycles. The second-order valence-corrected chi connectivity index (χ2v) is 7.34. The predicted molar refractivity (Wildman–Crippen MR) is 113 cm³/mol. The highest BCUT2D eigenvalue weighted by molar-refractivity contribution is 7.80. The van der Waals surface area contributed by atoms with E-state index in [1.165, 1.54) is 11.3 Å². The summed E-state index contributed by atoms with van der Waals surface area (Å²) in [5.41, 5.74) is 2.88. The van der Waals surface area contributed by atoms with Gasteiger partial charge in [0.05, 0.1) is 17.9 Å². The molecule has 1 aromatic carbocycles. The number of amides is 1. The molecule has 2 N–H and O–H groups in total. The van der Waals surface area contributed by atoms with E-state index < -0.39 is 0 Å². The molecule has 0 aliphatic carbocycles. The Kier molecular flexibility index (Phi) is 7.53. The minimum Gasteiger partial charge on any atom is -0.360 e. The molecule has 0 saturated heterocycles. The van der Waals surface area contributed by atoms with Crippen LogP contribution >= 0.6 is 23.6 Å². The van der Waals surface area contributed by atoms with Gasteiger partial charge in [0.1, 0.15) is 0 Å². The van der Waals surface area contributed by atoms with Gasteiger partial charge in [0.15, 0.2) is 10.2 Å². The van der Waals surface area contributed by atoms with Crippen molar-refractivity contribution in [2.45, 2.75) is 53.1 Å². The Bertz CT molecular complexity index is 760. The number of carbonyl (C=O) groups is 1. The average molecular weight is 391 g/mol. The number of anilines is 2. The number of aryl methyl sites for hydroxylation is 1. The number of para-hydroxylation sites is 1. The standard InChI is InChI=1S/C19H26N4OS2/c1-5-13(3)21-18(25)20-11-16-12-26-19(22-16)23(14(4)24)17-10-8-7-9-15(17)6-2/h7-10,12-13H,5-6,11H2,1-4H3,(H2,20,21,25)/t13-/m0/s1. The molecular formula is C19H26N4OS2. The Morgan fingerprint density at radius 2 is 2.08 bits per heavy atom. The van der Waals surface area contributed by atoms with E-state index in [2.05, 4.69) is 36.4 Å². The summed E-state index contributed by atoms with van der Waals surface area (Å²) < 4.78 is 0. The van der Waals surface area contributed by atoms with Crippen LogP contribution in [0.25, 0.3) is 0 Å². The molecular weight excluding hydrogens is 364 g/mol. The first-order chi connectivity index (χ1) is 12.5. The third-order valence-electron chi connectivity index (χ3n) is 4.08. The monoisotopic (exact) mass is 390 g/mol. The van der Waals surface area contributed by atoms with Gasteiger partial charge < -0.3 is 10.6 Å². The number of thiazole rings is 1. The molecule has 1 atom stereocenters. The van der Waals surface area contributed by atoms with Crippen molar-refractivity contribution in [2.24, 2.45) is 0 Å². The predicted octanol–water partition coefficient (Wildman–Crippen LogP) is 4.15. The number of nitrogens with zero attached hydrogens (tertiary/aromatic N) is 2. The van der Waals surface area contributed by atoms with Crippen LogP contribution in [0.2, 0.25) is 0 Å². The Hall–Kier alpha value is -1.99. The minimum absolute atomic E-state index is 0.0475. The van der Waals surface area contributed by atoms with Crippen LogP contribution < -0.4 is 15.5 Å². The second-order valence-electron chi connectivity index (χ2n) is 6.09. The molecule has 2 aromatic rings. The van der Waals surface area contributed by atoms with Crippen molar-refractivity contribution in [3.05, 3.63) is 40.9 Å². The summed E-state index contributed by atoms with van der Waals surface area (Å²) in [4.78, 5) is 18.6. The van der Waals surface area contributed by atoms with Gasteiger partial charge in [-0.3, -0.25) is 9.69 Å². The topological polar surface area (TPSA) is 57.3 Å². The number of nitrogens with one attached hydrogen (secondary N) is 2. The zero-order chi connectivity index (χ0) is 19.1. The Labute approximate surface area is 164 Å². The molecule has 0 bridgehead atoms. The van der Waals surface area contributed by atoms with E-state index in [1.807, 2.05) is 29.6 Å². The van der Waals surface area contributed by atoms with Gasteiger partial charge in [-0.25, -0.2) is 4.98 Å². The van der Waals surface area contributed by atoms with Gasteiger partial charge in [0, 0.05) is 18.3 Å². The lowest BCUT2D eigenvalue weighted by Crippen LogP contribution is -2.39. The molecule has 0 spiro atoms. The van der Waals surface area contributed by atoms with Crippen molar-refractivity contribution >= 4 is 45.4 Å². The lowest BCUT2D eigenvalue weighted by atomic mass is 10.1. The van der Waals surface area contributed by atoms with Crippen molar-refractivity contribution in [3.63, 3.8) is 0 Å². The third kappa shape index (κ3) is 5.25.